The van der Waals surface area contributed by atoms with E-state index < -0.39 is 0 Å². The Morgan fingerprint density at radius 2 is 1.52 bits per heavy atom. The van der Waals surface area contributed by atoms with Crippen molar-refractivity contribution in [3.8, 4) is 0 Å². The molecule has 0 fully saturated rings. The molecule has 0 aromatic carbocycles. The van der Waals surface area contributed by atoms with Crippen molar-refractivity contribution in [2.45, 2.75) is 11.5 Å². The summed E-state index contributed by atoms with van der Waals surface area (Å²) in [6, 6.07) is 0. The van der Waals surface area contributed by atoms with Crippen LogP contribution in [0.5, 0.6) is 0 Å². The fraction of sp³-hybridized carbons (Fsp3) is 0.500. The van der Waals surface area contributed by atoms with Gasteiger partial charge in [-0.25, -0.2) is 9.97 Å². The first-order chi connectivity index (χ1) is 11.4. The molecule has 126 valence electrons. The van der Waals surface area contributed by atoms with E-state index in [1.54, 1.807) is 19.4 Å². The van der Waals surface area contributed by atoms with Crippen molar-refractivity contribution in [3.63, 3.8) is 0 Å². The van der Waals surface area contributed by atoms with E-state index in [0.29, 0.717) is 0 Å². The maximum atomic E-state index is 4.22. The molecule has 4 N–H and O–H groups in total. The first-order valence-corrected chi connectivity index (χ1v) is 9.76. The van der Waals surface area contributed by atoms with Crippen LogP contribution in [0.3, 0.4) is 0 Å². The zero-order valence-corrected chi connectivity index (χ0v) is 14.8. The Bertz CT molecular complexity index is 493. The normalized spacial score (nSPS) is 10.5. The van der Waals surface area contributed by atoms with Crippen molar-refractivity contribution in [1.29, 1.82) is 0 Å². The highest BCUT2D eigenvalue weighted by Crippen LogP contribution is 2.07. The molecular formula is C14H23N7S2. The molecule has 0 saturated carbocycles. The van der Waals surface area contributed by atoms with E-state index in [9.17, 15) is 0 Å². The van der Waals surface area contributed by atoms with Gasteiger partial charge in [0.05, 0.1) is 11.5 Å². The molecule has 7 nitrogen and oxygen atoms in total. The number of nitrogens with one attached hydrogen (secondary N) is 4. The third-order valence-corrected chi connectivity index (χ3v) is 4.83. The third kappa shape index (κ3) is 7.47. The van der Waals surface area contributed by atoms with Crippen molar-refractivity contribution in [2.75, 3.05) is 31.6 Å². The lowest BCUT2D eigenvalue weighted by Crippen LogP contribution is -2.39. The average Bonchev–Trinajstić information content (AvgIpc) is 3.26. The van der Waals surface area contributed by atoms with Crippen LogP contribution >= 0.6 is 23.5 Å². The second-order valence-corrected chi connectivity index (χ2v) is 6.81. The SMILES string of the molecule is CN=C(NCCSCc1ncc[nH]1)NCCSCc1ncc[nH]1. The van der Waals surface area contributed by atoms with Gasteiger partial charge < -0.3 is 20.6 Å². The van der Waals surface area contributed by atoms with Gasteiger partial charge >= 0.3 is 0 Å². The lowest BCUT2D eigenvalue weighted by molar-refractivity contribution is 0.863. The lowest BCUT2D eigenvalue weighted by Gasteiger charge is -2.11. The number of imidazole rings is 2. The van der Waals surface area contributed by atoms with E-state index in [-0.39, 0.29) is 0 Å². The van der Waals surface area contributed by atoms with Crippen LogP contribution in [-0.2, 0) is 11.5 Å². The second-order valence-electron chi connectivity index (χ2n) is 4.60. The molecule has 9 heteroatoms. The van der Waals surface area contributed by atoms with E-state index in [1.165, 1.54) is 0 Å². The van der Waals surface area contributed by atoms with Gasteiger partial charge in [-0.1, -0.05) is 0 Å². The molecule has 0 spiro atoms. The highest BCUT2D eigenvalue weighted by Gasteiger charge is 1.99. The van der Waals surface area contributed by atoms with Gasteiger partial charge in [0.1, 0.15) is 11.6 Å². The van der Waals surface area contributed by atoms with Crippen LogP contribution in [0.15, 0.2) is 29.8 Å². The number of aromatic amines is 2. The molecule has 2 aromatic rings. The highest BCUT2D eigenvalue weighted by molar-refractivity contribution is 7.98. The molecule has 0 bridgehead atoms. The van der Waals surface area contributed by atoms with E-state index in [0.717, 1.165) is 53.7 Å². The van der Waals surface area contributed by atoms with E-state index in [2.05, 4.69) is 35.6 Å². The first-order valence-electron chi connectivity index (χ1n) is 7.45. The van der Waals surface area contributed by atoms with Crippen LogP contribution in [0, 0.1) is 0 Å². The summed E-state index contributed by atoms with van der Waals surface area (Å²) < 4.78 is 0. The molecule has 0 aliphatic carbocycles. The van der Waals surface area contributed by atoms with Crippen LogP contribution in [-0.4, -0.2) is 57.5 Å². The summed E-state index contributed by atoms with van der Waals surface area (Å²) in [7, 11) is 1.79. The van der Waals surface area contributed by atoms with Gasteiger partial charge in [-0.3, -0.25) is 4.99 Å². The van der Waals surface area contributed by atoms with Crippen LogP contribution in [0.1, 0.15) is 11.6 Å². The van der Waals surface area contributed by atoms with Crippen LogP contribution in [0.25, 0.3) is 0 Å². The summed E-state index contributed by atoms with van der Waals surface area (Å²) in [5.74, 6) is 6.72. The fourth-order valence-corrected chi connectivity index (χ4v) is 3.28. The second kappa shape index (κ2) is 11.0. The number of rotatable bonds is 10. The number of hydrogen-bond donors (Lipinski definition) is 4. The van der Waals surface area contributed by atoms with Gasteiger partial charge in [-0.2, -0.15) is 23.5 Å². The molecule has 0 saturated heterocycles. The Labute approximate surface area is 145 Å². The highest BCUT2D eigenvalue weighted by atomic mass is 32.2. The minimum atomic E-state index is 0.849. The summed E-state index contributed by atoms with van der Waals surface area (Å²) in [4.78, 5) is 18.8. The van der Waals surface area contributed by atoms with Gasteiger partial charge in [-0.05, 0) is 0 Å². The van der Waals surface area contributed by atoms with Crippen molar-refractivity contribution >= 4 is 29.5 Å². The van der Waals surface area contributed by atoms with Gasteiger partial charge in [0.2, 0.25) is 0 Å². The number of guanidine groups is 1. The van der Waals surface area contributed by atoms with Crippen molar-refractivity contribution < 1.29 is 0 Å². The standard InChI is InChI=1S/C14H23N7S2/c1-15-14(20-6-8-22-10-12-16-2-3-17-12)21-7-9-23-11-13-18-4-5-19-13/h2-5H,6-11H2,1H3,(H,16,17)(H,18,19)(H2,15,20,21). The van der Waals surface area contributed by atoms with Gasteiger partial charge in [0.15, 0.2) is 5.96 Å². The molecule has 0 amide bonds. The molecule has 2 heterocycles. The minimum absolute atomic E-state index is 0.849. The molecule has 0 unspecified atom stereocenters. The molecule has 2 aromatic heterocycles. The number of aliphatic imine (C=N–C) groups is 1. The summed E-state index contributed by atoms with van der Waals surface area (Å²) >= 11 is 3.68. The Kier molecular flexibility index (Phi) is 8.49. The smallest absolute Gasteiger partial charge is 0.191 e. The van der Waals surface area contributed by atoms with E-state index in [4.69, 9.17) is 0 Å². The van der Waals surface area contributed by atoms with Crippen molar-refractivity contribution in [3.05, 3.63) is 36.4 Å². The Morgan fingerprint density at radius 1 is 1.00 bits per heavy atom. The molecule has 0 atom stereocenters. The predicted octanol–water partition coefficient (Wildman–Crippen LogP) is 1.46. The number of thioether (sulfide) groups is 2. The first kappa shape index (κ1) is 17.7. The van der Waals surface area contributed by atoms with Crippen LogP contribution < -0.4 is 10.6 Å². The topological polar surface area (TPSA) is 93.8 Å². The van der Waals surface area contributed by atoms with Gasteiger partial charge in [-0.15, -0.1) is 0 Å². The molecule has 0 radical (unpaired) electrons. The summed E-state index contributed by atoms with van der Waals surface area (Å²) in [5.41, 5.74) is 0. The number of nitrogens with zero attached hydrogens (tertiary/aromatic N) is 3. The van der Waals surface area contributed by atoms with Crippen LogP contribution in [0.2, 0.25) is 0 Å². The summed E-state index contributed by atoms with van der Waals surface area (Å²) in [6.07, 6.45) is 7.27. The number of aromatic nitrogens is 4. The lowest BCUT2D eigenvalue weighted by atomic mass is 10.6. The number of H-pyrrole nitrogens is 2. The minimum Gasteiger partial charge on any atom is -0.356 e. The van der Waals surface area contributed by atoms with E-state index in [1.807, 2.05) is 35.9 Å². The summed E-state index contributed by atoms with van der Waals surface area (Å²) in [5, 5.41) is 6.63. The quantitative estimate of drug-likeness (QED) is 0.294. The fourth-order valence-electron chi connectivity index (χ4n) is 1.80. The molecule has 0 aliphatic rings. The van der Waals surface area contributed by atoms with E-state index >= 15 is 0 Å². The van der Waals surface area contributed by atoms with Crippen molar-refractivity contribution in [1.82, 2.24) is 30.6 Å². The largest absolute Gasteiger partial charge is 0.356 e. The zero-order valence-electron chi connectivity index (χ0n) is 13.2. The summed E-state index contributed by atoms with van der Waals surface area (Å²) in [6.45, 7) is 1.76. The zero-order chi connectivity index (χ0) is 16.2. The third-order valence-electron chi connectivity index (χ3n) is 2.89. The Hall–Kier alpha value is -1.61. The Morgan fingerprint density at radius 3 is 1.91 bits per heavy atom. The number of hydrogen-bond acceptors (Lipinski definition) is 5. The predicted molar refractivity (Wildman–Crippen MR) is 98.9 cm³/mol. The van der Waals surface area contributed by atoms with Gasteiger partial charge in [0, 0.05) is 56.4 Å². The van der Waals surface area contributed by atoms with Crippen molar-refractivity contribution in [2.24, 2.45) is 4.99 Å². The molecular weight excluding hydrogens is 330 g/mol. The molecule has 2 rings (SSSR count). The molecule has 0 aliphatic heterocycles. The monoisotopic (exact) mass is 353 g/mol. The Balaban J connectivity index is 1.46. The van der Waals surface area contributed by atoms with Crippen LogP contribution in [0.4, 0.5) is 0 Å². The molecule has 23 heavy (non-hydrogen) atoms. The van der Waals surface area contributed by atoms with Gasteiger partial charge in [0.25, 0.3) is 0 Å². The maximum absolute atomic E-state index is 4.22. The average molecular weight is 354 g/mol. The maximum Gasteiger partial charge on any atom is 0.191 e.